The van der Waals surface area contributed by atoms with Crippen LogP contribution in [0, 0.1) is 0 Å². The second-order valence-corrected chi connectivity index (χ2v) is 5.73. The molecule has 1 fully saturated rings. The van der Waals surface area contributed by atoms with Crippen molar-refractivity contribution in [1.29, 1.82) is 0 Å². The Kier molecular flexibility index (Phi) is 4.74. The molecule has 1 amide bonds. The quantitative estimate of drug-likeness (QED) is 0.794. The number of thioether (sulfide) groups is 1. The van der Waals surface area contributed by atoms with Gasteiger partial charge in [-0.2, -0.15) is 0 Å². The molecule has 1 aromatic carbocycles. The number of nitrogens with zero attached hydrogens (tertiary/aromatic N) is 1. The van der Waals surface area contributed by atoms with Crippen molar-refractivity contribution in [2.45, 2.75) is 12.5 Å². The molecule has 0 unspecified atom stereocenters. The molecule has 0 radical (unpaired) electrons. The average Bonchev–Trinajstić information content (AvgIpc) is 2.83. The molecule has 0 spiro atoms. The van der Waals surface area contributed by atoms with Crippen LogP contribution in [-0.4, -0.2) is 34.5 Å². The third-order valence-electron chi connectivity index (χ3n) is 2.88. The van der Waals surface area contributed by atoms with Crippen LogP contribution in [0.25, 0.3) is 0 Å². The van der Waals surface area contributed by atoms with Crippen molar-refractivity contribution < 1.29 is 9.53 Å². The SMILES string of the molecule is CO[C@@H](CC(=O)N1CCSC1=S)c1ccccc1. The Bertz CT molecular complexity index is 436. The number of benzene rings is 1. The summed E-state index contributed by atoms with van der Waals surface area (Å²) in [6.07, 6.45) is 0.133. The van der Waals surface area contributed by atoms with E-state index in [1.807, 2.05) is 30.3 Å². The first-order chi connectivity index (χ1) is 8.72. The molecule has 5 heteroatoms. The van der Waals surface area contributed by atoms with Crippen LogP contribution in [-0.2, 0) is 9.53 Å². The maximum Gasteiger partial charge on any atom is 0.231 e. The Morgan fingerprint density at radius 3 is 2.78 bits per heavy atom. The lowest BCUT2D eigenvalue weighted by atomic mass is 10.1. The minimum absolute atomic E-state index is 0.0423. The van der Waals surface area contributed by atoms with E-state index in [0.29, 0.717) is 17.3 Å². The third kappa shape index (κ3) is 3.10. The smallest absolute Gasteiger partial charge is 0.231 e. The molecule has 3 nitrogen and oxygen atoms in total. The fourth-order valence-corrected chi connectivity index (χ4v) is 3.13. The molecule has 1 atom stereocenters. The van der Waals surface area contributed by atoms with Gasteiger partial charge in [0.1, 0.15) is 4.32 Å². The van der Waals surface area contributed by atoms with Crippen molar-refractivity contribution in [2.75, 3.05) is 19.4 Å². The van der Waals surface area contributed by atoms with Gasteiger partial charge in [0.25, 0.3) is 0 Å². The zero-order valence-electron chi connectivity index (χ0n) is 10.2. The fourth-order valence-electron chi connectivity index (χ4n) is 1.89. The van der Waals surface area contributed by atoms with Crippen molar-refractivity contribution in [3.63, 3.8) is 0 Å². The molecule has 0 N–H and O–H groups in total. The number of thiocarbonyl (C=S) groups is 1. The molecule has 0 aliphatic carbocycles. The zero-order valence-corrected chi connectivity index (χ0v) is 11.8. The van der Waals surface area contributed by atoms with Crippen molar-refractivity contribution in [1.82, 2.24) is 4.90 Å². The highest BCUT2D eigenvalue weighted by Crippen LogP contribution is 2.24. The van der Waals surface area contributed by atoms with Crippen molar-refractivity contribution in [3.05, 3.63) is 35.9 Å². The number of amides is 1. The fraction of sp³-hybridized carbons (Fsp3) is 0.385. The van der Waals surface area contributed by atoms with Crippen LogP contribution in [0.2, 0.25) is 0 Å². The van der Waals surface area contributed by atoms with E-state index in [1.165, 1.54) is 0 Å². The predicted molar refractivity (Wildman–Crippen MR) is 77.6 cm³/mol. The topological polar surface area (TPSA) is 29.5 Å². The summed E-state index contributed by atoms with van der Waals surface area (Å²) in [6, 6.07) is 9.78. The van der Waals surface area contributed by atoms with Crippen LogP contribution in [0.15, 0.2) is 30.3 Å². The van der Waals surface area contributed by atoms with Gasteiger partial charge >= 0.3 is 0 Å². The molecule has 1 saturated heterocycles. The minimum atomic E-state index is -0.202. The van der Waals surface area contributed by atoms with E-state index in [2.05, 4.69) is 0 Å². The van der Waals surface area contributed by atoms with Gasteiger partial charge in [0, 0.05) is 19.4 Å². The molecule has 1 heterocycles. The molecular formula is C13H15NO2S2. The number of methoxy groups -OCH3 is 1. The predicted octanol–water partition coefficient (Wildman–Crippen LogP) is 2.62. The van der Waals surface area contributed by atoms with Gasteiger partial charge < -0.3 is 4.74 Å². The first-order valence-corrected chi connectivity index (χ1v) is 7.16. The van der Waals surface area contributed by atoms with Gasteiger partial charge in [0.15, 0.2) is 0 Å². The minimum Gasteiger partial charge on any atom is -0.376 e. The Morgan fingerprint density at radius 2 is 2.22 bits per heavy atom. The van der Waals surface area contributed by atoms with Gasteiger partial charge in [-0.1, -0.05) is 54.3 Å². The molecule has 1 aliphatic heterocycles. The Balaban J connectivity index is 2.02. The molecule has 2 rings (SSSR count). The van der Waals surface area contributed by atoms with Crippen molar-refractivity contribution >= 4 is 34.2 Å². The summed E-state index contributed by atoms with van der Waals surface area (Å²) >= 11 is 6.71. The highest BCUT2D eigenvalue weighted by atomic mass is 32.2. The summed E-state index contributed by atoms with van der Waals surface area (Å²) in [5.74, 6) is 0.939. The molecule has 0 saturated carbocycles. The van der Waals surface area contributed by atoms with E-state index in [1.54, 1.807) is 23.8 Å². The number of carbonyl (C=O) groups excluding carboxylic acids is 1. The second-order valence-electron chi connectivity index (χ2n) is 4.00. The average molecular weight is 281 g/mol. The summed E-state index contributed by atoms with van der Waals surface area (Å²) in [5, 5.41) is 0. The lowest BCUT2D eigenvalue weighted by Crippen LogP contribution is -2.32. The van der Waals surface area contributed by atoms with Gasteiger partial charge in [-0.05, 0) is 5.56 Å². The van der Waals surface area contributed by atoms with Crippen molar-refractivity contribution in [2.24, 2.45) is 0 Å². The first-order valence-electron chi connectivity index (χ1n) is 5.77. The van der Waals surface area contributed by atoms with E-state index < -0.39 is 0 Å². The molecule has 1 aliphatic rings. The third-order valence-corrected chi connectivity index (χ3v) is 4.31. The number of ether oxygens (including phenoxy) is 1. The highest BCUT2D eigenvalue weighted by molar-refractivity contribution is 8.23. The van der Waals surface area contributed by atoms with Crippen LogP contribution >= 0.6 is 24.0 Å². The van der Waals surface area contributed by atoms with Crippen molar-refractivity contribution in [3.8, 4) is 0 Å². The number of hydrogen-bond donors (Lipinski definition) is 0. The summed E-state index contributed by atoms with van der Waals surface area (Å²) < 4.78 is 6.09. The summed E-state index contributed by atoms with van der Waals surface area (Å²) in [4.78, 5) is 13.8. The molecule has 0 aromatic heterocycles. The Labute approximate surface area is 116 Å². The summed E-state index contributed by atoms with van der Waals surface area (Å²) in [6.45, 7) is 0.716. The Hall–Kier alpha value is -0.910. The van der Waals surface area contributed by atoms with E-state index in [-0.39, 0.29) is 12.0 Å². The van der Waals surface area contributed by atoms with E-state index in [0.717, 1.165) is 11.3 Å². The van der Waals surface area contributed by atoms with Gasteiger partial charge in [-0.15, -0.1) is 0 Å². The number of hydrogen-bond acceptors (Lipinski definition) is 4. The van der Waals surface area contributed by atoms with Gasteiger partial charge in [-0.25, -0.2) is 0 Å². The number of carbonyl (C=O) groups is 1. The largest absolute Gasteiger partial charge is 0.376 e. The normalized spacial score (nSPS) is 16.9. The Morgan fingerprint density at radius 1 is 1.50 bits per heavy atom. The van der Waals surface area contributed by atoms with Gasteiger partial charge in [-0.3, -0.25) is 9.69 Å². The monoisotopic (exact) mass is 281 g/mol. The van der Waals surface area contributed by atoms with E-state index in [4.69, 9.17) is 17.0 Å². The summed E-state index contributed by atoms with van der Waals surface area (Å²) in [5.41, 5.74) is 1.02. The van der Waals surface area contributed by atoms with Crippen LogP contribution in [0.5, 0.6) is 0 Å². The molecule has 0 bridgehead atoms. The van der Waals surface area contributed by atoms with E-state index in [9.17, 15) is 4.79 Å². The maximum atomic E-state index is 12.1. The van der Waals surface area contributed by atoms with E-state index >= 15 is 0 Å². The first kappa shape index (κ1) is 13.5. The van der Waals surface area contributed by atoms with Gasteiger partial charge in [0.05, 0.1) is 12.5 Å². The standard InChI is InChI=1S/C13H15NO2S2/c1-16-11(10-5-3-2-4-6-10)9-12(15)14-7-8-18-13(14)17/h2-6,11H,7-9H2,1H3/t11-/m0/s1. The summed E-state index contributed by atoms with van der Waals surface area (Å²) in [7, 11) is 1.63. The lowest BCUT2D eigenvalue weighted by molar-refractivity contribution is -0.129. The van der Waals surface area contributed by atoms with Gasteiger partial charge in [0.2, 0.25) is 5.91 Å². The van der Waals surface area contributed by atoms with Crippen LogP contribution in [0.1, 0.15) is 18.1 Å². The lowest BCUT2D eigenvalue weighted by Gasteiger charge is -2.19. The zero-order chi connectivity index (χ0) is 13.0. The van der Waals surface area contributed by atoms with Crippen LogP contribution < -0.4 is 0 Å². The molecular weight excluding hydrogens is 266 g/mol. The molecule has 1 aromatic rings. The van der Waals surface area contributed by atoms with Crippen LogP contribution in [0.3, 0.4) is 0 Å². The number of rotatable bonds is 4. The maximum absolute atomic E-state index is 12.1. The molecule has 96 valence electrons. The second kappa shape index (κ2) is 6.31. The highest BCUT2D eigenvalue weighted by Gasteiger charge is 2.26. The van der Waals surface area contributed by atoms with Crippen LogP contribution in [0.4, 0.5) is 0 Å². The molecule has 18 heavy (non-hydrogen) atoms.